The molecule has 1 heterocycles. The third kappa shape index (κ3) is 3.55. The van der Waals surface area contributed by atoms with Gasteiger partial charge in [-0.15, -0.1) is 0 Å². The molecule has 1 N–H and O–H groups in total. The van der Waals surface area contributed by atoms with Crippen LogP contribution in [-0.4, -0.2) is 18.7 Å². The first-order valence-electron chi connectivity index (χ1n) is 5.74. The zero-order valence-electron chi connectivity index (χ0n) is 10.2. The van der Waals surface area contributed by atoms with Crippen LogP contribution in [0.1, 0.15) is 5.56 Å². The number of nitrogens with zero attached hydrogens (tertiary/aromatic N) is 1. The number of rotatable bonds is 5. The molecule has 2 aromatic rings. The zero-order valence-corrected chi connectivity index (χ0v) is 11.8. The second-order valence-corrected chi connectivity index (χ2v) is 4.83. The van der Waals surface area contributed by atoms with E-state index < -0.39 is 0 Å². The summed E-state index contributed by atoms with van der Waals surface area (Å²) in [5.74, 6) is 0. The summed E-state index contributed by atoms with van der Waals surface area (Å²) in [6.07, 6.45) is 4.46. The van der Waals surface area contributed by atoms with E-state index in [9.17, 15) is 0 Å². The molecule has 2 rings (SSSR count). The fourth-order valence-corrected chi connectivity index (χ4v) is 2.07. The van der Waals surface area contributed by atoms with Gasteiger partial charge < -0.3 is 10.1 Å². The van der Waals surface area contributed by atoms with Crippen molar-refractivity contribution in [2.75, 3.05) is 19.0 Å². The van der Waals surface area contributed by atoms with Crippen molar-refractivity contribution in [3.05, 3.63) is 52.8 Å². The van der Waals surface area contributed by atoms with E-state index in [2.05, 4.69) is 38.4 Å². The van der Waals surface area contributed by atoms with Crippen molar-refractivity contribution < 1.29 is 4.74 Å². The maximum Gasteiger partial charge on any atom is 0.0582 e. The Morgan fingerprint density at radius 2 is 2.11 bits per heavy atom. The quantitative estimate of drug-likeness (QED) is 0.913. The largest absolute Gasteiger partial charge is 0.384 e. The smallest absolute Gasteiger partial charge is 0.0582 e. The number of anilines is 2. The minimum absolute atomic E-state index is 0.718. The van der Waals surface area contributed by atoms with Crippen molar-refractivity contribution in [2.45, 2.75) is 6.42 Å². The van der Waals surface area contributed by atoms with Gasteiger partial charge in [-0.25, -0.2) is 0 Å². The van der Waals surface area contributed by atoms with Crippen LogP contribution in [0.15, 0.2) is 47.2 Å². The highest BCUT2D eigenvalue weighted by molar-refractivity contribution is 9.10. The molecule has 0 spiro atoms. The number of hydrogen-bond acceptors (Lipinski definition) is 3. The van der Waals surface area contributed by atoms with Gasteiger partial charge in [0.2, 0.25) is 0 Å². The number of halogens is 1. The number of pyridine rings is 1. The average Bonchev–Trinajstić information content (AvgIpc) is 2.38. The predicted octanol–water partition coefficient (Wildman–Crippen LogP) is 3.78. The summed E-state index contributed by atoms with van der Waals surface area (Å²) >= 11 is 3.41. The summed E-state index contributed by atoms with van der Waals surface area (Å²) in [7, 11) is 1.72. The highest BCUT2D eigenvalue weighted by atomic mass is 79.9. The molecule has 1 aromatic heterocycles. The van der Waals surface area contributed by atoms with E-state index in [-0.39, 0.29) is 0 Å². The Bertz CT molecular complexity index is 517. The molecule has 0 aliphatic heterocycles. The highest BCUT2D eigenvalue weighted by Crippen LogP contribution is 2.22. The Kier molecular flexibility index (Phi) is 4.73. The van der Waals surface area contributed by atoms with Crippen LogP contribution in [0.2, 0.25) is 0 Å². The Morgan fingerprint density at radius 3 is 2.89 bits per heavy atom. The molecule has 0 saturated heterocycles. The van der Waals surface area contributed by atoms with Crippen LogP contribution in [0.4, 0.5) is 11.4 Å². The Balaban J connectivity index is 2.17. The molecule has 1 aromatic carbocycles. The Morgan fingerprint density at radius 1 is 1.28 bits per heavy atom. The lowest BCUT2D eigenvalue weighted by Crippen LogP contribution is -2.00. The number of methoxy groups -OCH3 is 1. The minimum atomic E-state index is 0.718. The molecule has 94 valence electrons. The number of nitrogens with one attached hydrogen (secondary N) is 1. The van der Waals surface area contributed by atoms with E-state index in [0.717, 1.165) is 28.9 Å². The number of ether oxygens (including phenoxy) is 1. The van der Waals surface area contributed by atoms with Crippen molar-refractivity contribution in [1.82, 2.24) is 4.98 Å². The maximum atomic E-state index is 5.12. The summed E-state index contributed by atoms with van der Waals surface area (Å²) in [5, 5.41) is 3.37. The SMILES string of the molecule is COCCc1ccccc1Nc1cncc(Br)c1. The molecule has 18 heavy (non-hydrogen) atoms. The van der Waals surface area contributed by atoms with Crippen molar-refractivity contribution in [2.24, 2.45) is 0 Å². The lowest BCUT2D eigenvalue weighted by atomic mass is 10.1. The standard InChI is InChI=1S/C14H15BrN2O/c1-18-7-6-11-4-2-3-5-14(11)17-13-8-12(15)9-16-10-13/h2-5,8-10,17H,6-7H2,1H3. The second-order valence-electron chi connectivity index (χ2n) is 3.92. The molecular formula is C14H15BrN2O. The first-order valence-corrected chi connectivity index (χ1v) is 6.53. The van der Waals surface area contributed by atoms with E-state index in [1.807, 2.05) is 18.2 Å². The van der Waals surface area contributed by atoms with Crippen molar-refractivity contribution in [3.63, 3.8) is 0 Å². The Hall–Kier alpha value is -1.39. The summed E-state index contributed by atoms with van der Waals surface area (Å²) in [4.78, 5) is 4.14. The zero-order chi connectivity index (χ0) is 12.8. The van der Waals surface area contributed by atoms with Crippen LogP contribution >= 0.6 is 15.9 Å². The van der Waals surface area contributed by atoms with Crippen molar-refractivity contribution in [3.8, 4) is 0 Å². The molecule has 0 atom stereocenters. The summed E-state index contributed by atoms with van der Waals surface area (Å²) in [6, 6.07) is 10.2. The average molecular weight is 307 g/mol. The first-order chi connectivity index (χ1) is 8.79. The van der Waals surface area contributed by atoms with Gasteiger partial charge in [0, 0.05) is 23.5 Å². The predicted molar refractivity (Wildman–Crippen MR) is 77.2 cm³/mol. The van der Waals surface area contributed by atoms with E-state index >= 15 is 0 Å². The van der Waals surface area contributed by atoms with Gasteiger partial charge in [-0.2, -0.15) is 0 Å². The number of para-hydroxylation sites is 1. The van der Waals surface area contributed by atoms with Crippen molar-refractivity contribution in [1.29, 1.82) is 0 Å². The highest BCUT2D eigenvalue weighted by Gasteiger charge is 2.02. The molecule has 0 aliphatic carbocycles. The van der Waals surface area contributed by atoms with Crippen LogP contribution in [0.5, 0.6) is 0 Å². The topological polar surface area (TPSA) is 34.1 Å². The minimum Gasteiger partial charge on any atom is -0.384 e. The van der Waals surface area contributed by atoms with Gasteiger partial charge in [0.05, 0.1) is 18.5 Å². The third-order valence-corrected chi connectivity index (χ3v) is 3.01. The molecule has 0 fully saturated rings. The number of hydrogen-bond donors (Lipinski definition) is 1. The lowest BCUT2D eigenvalue weighted by molar-refractivity contribution is 0.202. The van der Waals surface area contributed by atoms with Gasteiger partial charge in [0.25, 0.3) is 0 Å². The molecular weight excluding hydrogens is 292 g/mol. The maximum absolute atomic E-state index is 5.12. The molecule has 0 radical (unpaired) electrons. The molecule has 0 bridgehead atoms. The van der Waals surface area contributed by atoms with Crippen LogP contribution < -0.4 is 5.32 Å². The van der Waals surface area contributed by atoms with Gasteiger partial charge in [0.15, 0.2) is 0 Å². The number of aromatic nitrogens is 1. The fraction of sp³-hybridized carbons (Fsp3) is 0.214. The van der Waals surface area contributed by atoms with E-state index in [1.54, 1.807) is 19.5 Å². The first kappa shape index (κ1) is 13.1. The summed E-state index contributed by atoms with van der Waals surface area (Å²) in [5.41, 5.74) is 3.29. The fourth-order valence-electron chi connectivity index (χ4n) is 1.71. The van der Waals surface area contributed by atoms with Crippen LogP contribution in [-0.2, 0) is 11.2 Å². The van der Waals surface area contributed by atoms with Gasteiger partial charge in [-0.1, -0.05) is 18.2 Å². The normalized spacial score (nSPS) is 10.3. The second kappa shape index (κ2) is 6.52. The van der Waals surface area contributed by atoms with Gasteiger partial charge in [0.1, 0.15) is 0 Å². The number of benzene rings is 1. The van der Waals surface area contributed by atoms with E-state index in [0.29, 0.717) is 0 Å². The summed E-state index contributed by atoms with van der Waals surface area (Å²) in [6.45, 7) is 0.718. The molecule has 4 heteroatoms. The van der Waals surface area contributed by atoms with Crippen molar-refractivity contribution >= 4 is 27.3 Å². The monoisotopic (exact) mass is 306 g/mol. The summed E-state index contributed by atoms with van der Waals surface area (Å²) < 4.78 is 6.08. The molecule has 0 amide bonds. The van der Waals surface area contributed by atoms with E-state index in [4.69, 9.17) is 4.74 Å². The van der Waals surface area contributed by atoms with Gasteiger partial charge >= 0.3 is 0 Å². The van der Waals surface area contributed by atoms with Crippen LogP contribution in [0.25, 0.3) is 0 Å². The molecule has 0 aliphatic rings. The molecule has 3 nitrogen and oxygen atoms in total. The Labute approximate surface area is 115 Å². The van der Waals surface area contributed by atoms with Crippen LogP contribution in [0, 0.1) is 0 Å². The molecule has 0 unspecified atom stereocenters. The van der Waals surface area contributed by atoms with Gasteiger partial charge in [-0.3, -0.25) is 4.98 Å². The molecule has 0 saturated carbocycles. The lowest BCUT2D eigenvalue weighted by Gasteiger charge is -2.11. The van der Waals surface area contributed by atoms with Crippen LogP contribution in [0.3, 0.4) is 0 Å². The van der Waals surface area contributed by atoms with Gasteiger partial charge in [-0.05, 0) is 40.0 Å². The van der Waals surface area contributed by atoms with E-state index in [1.165, 1.54) is 5.56 Å². The third-order valence-electron chi connectivity index (χ3n) is 2.58.